The first-order valence-electron chi connectivity index (χ1n) is 6.69. The van der Waals surface area contributed by atoms with Gasteiger partial charge in [-0.1, -0.05) is 18.2 Å². The maximum Gasteiger partial charge on any atom is 0.226 e. The maximum atomic E-state index is 11.7. The molecule has 1 aliphatic heterocycles. The summed E-state index contributed by atoms with van der Waals surface area (Å²) in [6.45, 7) is 6.09. The second-order valence-corrected chi connectivity index (χ2v) is 5.64. The molecule has 0 bridgehead atoms. The number of benzene rings is 1. The Balaban J connectivity index is 1.86. The van der Waals surface area contributed by atoms with E-state index < -0.39 is 5.41 Å². The monoisotopic (exact) mass is 262 g/mol. The van der Waals surface area contributed by atoms with Gasteiger partial charge in [0.1, 0.15) is 5.75 Å². The van der Waals surface area contributed by atoms with Crippen molar-refractivity contribution in [3.63, 3.8) is 0 Å². The number of carbonyl (C=O) groups excluding carboxylic acids is 1. The molecule has 1 aliphatic rings. The number of amides is 1. The SMILES string of the molecule is CNC(=O)C(C)(C)CNCC1COc2ccccc21. The zero-order valence-electron chi connectivity index (χ0n) is 11.8. The second kappa shape index (κ2) is 5.61. The molecule has 0 fully saturated rings. The third-order valence-electron chi connectivity index (χ3n) is 3.60. The van der Waals surface area contributed by atoms with Crippen LogP contribution in [0.15, 0.2) is 24.3 Å². The van der Waals surface area contributed by atoms with Crippen LogP contribution in [0.4, 0.5) is 0 Å². The summed E-state index contributed by atoms with van der Waals surface area (Å²) in [5.74, 6) is 1.42. The minimum absolute atomic E-state index is 0.0584. The van der Waals surface area contributed by atoms with Crippen molar-refractivity contribution in [2.24, 2.45) is 5.41 Å². The first-order valence-corrected chi connectivity index (χ1v) is 6.69. The van der Waals surface area contributed by atoms with Gasteiger partial charge >= 0.3 is 0 Å². The van der Waals surface area contributed by atoms with E-state index in [1.807, 2.05) is 32.0 Å². The van der Waals surface area contributed by atoms with Crippen molar-refractivity contribution in [3.05, 3.63) is 29.8 Å². The van der Waals surface area contributed by atoms with Crippen LogP contribution in [0.1, 0.15) is 25.3 Å². The molecule has 1 aromatic carbocycles. The number of rotatable bonds is 5. The third kappa shape index (κ3) is 3.07. The number of hydrogen-bond acceptors (Lipinski definition) is 3. The van der Waals surface area contributed by atoms with Crippen LogP contribution in [0.25, 0.3) is 0 Å². The van der Waals surface area contributed by atoms with Gasteiger partial charge in [-0.15, -0.1) is 0 Å². The molecule has 4 nitrogen and oxygen atoms in total. The molecule has 1 heterocycles. The number of nitrogens with one attached hydrogen (secondary N) is 2. The van der Waals surface area contributed by atoms with Crippen molar-refractivity contribution >= 4 is 5.91 Å². The Kier molecular flexibility index (Phi) is 4.10. The van der Waals surface area contributed by atoms with E-state index in [-0.39, 0.29) is 5.91 Å². The summed E-state index contributed by atoms with van der Waals surface area (Å²) in [4.78, 5) is 11.7. The first-order chi connectivity index (χ1) is 9.04. The predicted octanol–water partition coefficient (Wildman–Crippen LogP) is 1.52. The Hall–Kier alpha value is -1.55. The van der Waals surface area contributed by atoms with E-state index in [0.717, 1.165) is 12.3 Å². The van der Waals surface area contributed by atoms with Gasteiger partial charge in [-0.2, -0.15) is 0 Å². The fourth-order valence-electron chi connectivity index (χ4n) is 2.38. The summed E-state index contributed by atoms with van der Waals surface area (Å²) in [6, 6.07) is 8.14. The Morgan fingerprint density at radius 3 is 2.89 bits per heavy atom. The molecule has 2 rings (SSSR count). The summed E-state index contributed by atoms with van der Waals surface area (Å²) >= 11 is 0. The van der Waals surface area contributed by atoms with Crippen LogP contribution >= 0.6 is 0 Å². The van der Waals surface area contributed by atoms with Crippen molar-refractivity contribution in [1.82, 2.24) is 10.6 Å². The van der Waals surface area contributed by atoms with Gasteiger partial charge in [0.25, 0.3) is 0 Å². The normalized spacial score (nSPS) is 17.7. The maximum absolute atomic E-state index is 11.7. The molecule has 1 aromatic rings. The molecule has 0 aromatic heterocycles. The van der Waals surface area contributed by atoms with Gasteiger partial charge in [0, 0.05) is 31.6 Å². The zero-order valence-corrected chi connectivity index (χ0v) is 11.8. The first kappa shape index (κ1) is 13.9. The van der Waals surface area contributed by atoms with Crippen LogP contribution in [-0.2, 0) is 4.79 Å². The van der Waals surface area contributed by atoms with Gasteiger partial charge in [-0.25, -0.2) is 0 Å². The molecule has 1 amide bonds. The number of hydrogen-bond donors (Lipinski definition) is 2. The summed E-state index contributed by atoms with van der Waals surface area (Å²) in [7, 11) is 1.67. The van der Waals surface area contributed by atoms with Crippen LogP contribution in [0, 0.1) is 5.41 Å². The second-order valence-electron chi connectivity index (χ2n) is 5.64. The van der Waals surface area contributed by atoms with Crippen LogP contribution in [0.5, 0.6) is 5.75 Å². The van der Waals surface area contributed by atoms with Crippen LogP contribution in [0.3, 0.4) is 0 Å². The van der Waals surface area contributed by atoms with Crippen molar-refractivity contribution in [3.8, 4) is 5.75 Å². The van der Waals surface area contributed by atoms with E-state index in [2.05, 4.69) is 16.7 Å². The molecule has 0 saturated carbocycles. The number of fused-ring (bicyclic) bond motifs is 1. The van der Waals surface area contributed by atoms with Gasteiger partial charge in [0.05, 0.1) is 12.0 Å². The fourth-order valence-corrected chi connectivity index (χ4v) is 2.38. The minimum atomic E-state index is -0.395. The van der Waals surface area contributed by atoms with Gasteiger partial charge in [-0.05, 0) is 19.9 Å². The molecule has 2 N–H and O–H groups in total. The van der Waals surface area contributed by atoms with Gasteiger partial charge in [0.2, 0.25) is 5.91 Å². The highest BCUT2D eigenvalue weighted by molar-refractivity contribution is 5.81. The predicted molar refractivity (Wildman–Crippen MR) is 75.4 cm³/mol. The molecule has 0 radical (unpaired) electrons. The standard InChI is InChI=1S/C15H22N2O2/c1-15(2,14(18)16-3)10-17-8-11-9-19-13-7-5-4-6-12(11)13/h4-7,11,17H,8-10H2,1-3H3,(H,16,18). The van der Waals surface area contributed by atoms with Crippen molar-refractivity contribution < 1.29 is 9.53 Å². The van der Waals surface area contributed by atoms with Crippen molar-refractivity contribution in [2.45, 2.75) is 19.8 Å². The number of para-hydroxylation sites is 1. The Morgan fingerprint density at radius 2 is 2.16 bits per heavy atom. The summed E-state index contributed by atoms with van der Waals surface area (Å²) in [5.41, 5.74) is 0.862. The highest BCUT2D eigenvalue weighted by atomic mass is 16.5. The quantitative estimate of drug-likeness (QED) is 0.846. The molecule has 19 heavy (non-hydrogen) atoms. The lowest BCUT2D eigenvalue weighted by atomic mass is 9.92. The van der Waals surface area contributed by atoms with Crippen LogP contribution < -0.4 is 15.4 Å². The van der Waals surface area contributed by atoms with E-state index in [9.17, 15) is 4.79 Å². The summed E-state index contributed by atoms with van der Waals surface area (Å²) < 4.78 is 5.64. The Morgan fingerprint density at radius 1 is 1.42 bits per heavy atom. The van der Waals surface area contributed by atoms with Crippen molar-refractivity contribution in [1.29, 1.82) is 0 Å². The molecule has 1 unspecified atom stereocenters. The van der Waals surface area contributed by atoms with E-state index in [0.29, 0.717) is 19.1 Å². The topological polar surface area (TPSA) is 50.4 Å². The molecule has 0 saturated heterocycles. The lowest BCUT2D eigenvalue weighted by Crippen LogP contribution is -2.43. The van der Waals surface area contributed by atoms with Gasteiger partial charge in [-0.3, -0.25) is 4.79 Å². The average Bonchev–Trinajstić information content (AvgIpc) is 2.81. The number of carbonyl (C=O) groups is 1. The Labute approximate surface area is 114 Å². The lowest BCUT2D eigenvalue weighted by Gasteiger charge is -2.23. The average molecular weight is 262 g/mol. The fraction of sp³-hybridized carbons (Fsp3) is 0.533. The van der Waals surface area contributed by atoms with Gasteiger partial charge < -0.3 is 15.4 Å². The molecule has 0 spiro atoms. The lowest BCUT2D eigenvalue weighted by molar-refractivity contribution is -0.128. The van der Waals surface area contributed by atoms with Gasteiger partial charge in [0.15, 0.2) is 0 Å². The summed E-state index contributed by atoms with van der Waals surface area (Å²) in [5, 5.41) is 6.08. The largest absolute Gasteiger partial charge is 0.493 e. The summed E-state index contributed by atoms with van der Waals surface area (Å²) in [6.07, 6.45) is 0. The van der Waals surface area contributed by atoms with Crippen LogP contribution in [-0.4, -0.2) is 32.7 Å². The number of ether oxygens (including phenoxy) is 1. The highest BCUT2D eigenvalue weighted by Gasteiger charge is 2.28. The highest BCUT2D eigenvalue weighted by Crippen LogP contribution is 2.32. The van der Waals surface area contributed by atoms with E-state index in [1.54, 1.807) is 7.05 Å². The zero-order chi connectivity index (χ0) is 13.9. The van der Waals surface area contributed by atoms with E-state index in [1.165, 1.54) is 5.56 Å². The Bertz CT molecular complexity index is 457. The third-order valence-corrected chi connectivity index (χ3v) is 3.60. The molecule has 4 heteroatoms. The molecule has 0 aliphatic carbocycles. The minimum Gasteiger partial charge on any atom is -0.493 e. The molecular weight excluding hydrogens is 240 g/mol. The van der Waals surface area contributed by atoms with Crippen molar-refractivity contribution in [2.75, 3.05) is 26.7 Å². The van der Waals surface area contributed by atoms with Crippen LogP contribution in [0.2, 0.25) is 0 Å². The van der Waals surface area contributed by atoms with E-state index in [4.69, 9.17) is 4.74 Å². The van der Waals surface area contributed by atoms with E-state index >= 15 is 0 Å². The smallest absolute Gasteiger partial charge is 0.226 e. The molecular formula is C15H22N2O2. The molecule has 1 atom stereocenters. The molecule has 104 valence electrons.